The number of hydrogen-bond acceptors (Lipinski definition) is 3. The van der Waals surface area contributed by atoms with Crippen LogP contribution in [-0.4, -0.2) is 24.8 Å². The molecule has 3 nitrogen and oxygen atoms in total. The van der Waals surface area contributed by atoms with Crippen LogP contribution in [-0.2, 0) is 14.3 Å². The van der Waals surface area contributed by atoms with Gasteiger partial charge in [-0.05, 0) is 0 Å². The molecule has 3 atom stereocenters. The smallest absolute Gasteiger partial charge is 0.164 e. The van der Waals surface area contributed by atoms with Crippen molar-refractivity contribution in [2.45, 2.75) is 32.2 Å². The second kappa shape index (κ2) is 2.57. The van der Waals surface area contributed by atoms with E-state index in [0.29, 0.717) is 18.8 Å². The summed E-state index contributed by atoms with van der Waals surface area (Å²) in [4.78, 5) is 11.1. The van der Waals surface area contributed by atoms with Gasteiger partial charge in [0.2, 0.25) is 0 Å². The fourth-order valence-corrected chi connectivity index (χ4v) is 1.58. The second-order valence-corrected chi connectivity index (χ2v) is 3.36. The Balaban J connectivity index is 2.08. The molecule has 62 valence electrons. The molecule has 2 rings (SSSR count). The lowest BCUT2D eigenvalue weighted by Crippen LogP contribution is -2.45. The minimum absolute atomic E-state index is 0.120. The molecule has 0 spiro atoms. The summed E-state index contributed by atoms with van der Waals surface area (Å²) in [5.41, 5.74) is 0. The predicted molar refractivity (Wildman–Crippen MR) is 38.0 cm³/mol. The van der Waals surface area contributed by atoms with Gasteiger partial charge in [0.05, 0.1) is 19.1 Å². The molecular formula is C8H12O3. The Hall–Kier alpha value is -0.410. The average Bonchev–Trinajstić information content (AvgIpc) is 1.97. The fourth-order valence-electron chi connectivity index (χ4n) is 1.58. The average molecular weight is 156 g/mol. The Morgan fingerprint density at radius 2 is 2.27 bits per heavy atom. The van der Waals surface area contributed by atoms with Crippen molar-refractivity contribution in [2.24, 2.45) is 5.92 Å². The zero-order valence-electron chi connectivity index (χ0n) is 6.58. The van der Waals surface area contributed by atoms with Crippen molar-refractivity contribution in [3.8, 4) is 0 Å². The van der Waals surface area contributed by atoms with Crippen LogP contribution in [0, 0.1) is 5.92 Å². The highest BCUT2D eigenvalue weighted by atomic mass is 16.7. The lowest BCUT2D eigenvalue weighted by Gasteiger charge is -2.38. The number of rotatable bonds is 0. The molecule has 3 unspecified atom stereocenters. The predicted octanol–water partition coefficient (Wildman–Crippen LogP) is 0.727. The Morgan fingerprint density at radius 3 is 3.09 bits per heavy atom. The molecule has 0 aliphatic carbocycles. The molecule has 0 amide bonds. The van der Waals surface area contributed by atoms with Crippen molar-refractivity contribution < 1.29 is 14.3 Å². The van der Waals surface area contributed by atoms with Gasteiger partial charge >= 0.3 is 0 Å². The Kier molecular flexibility index (Phi) is 1.69. The SMILES string of the molecule is CC1COC2CC(=O)CC1O2. The number of Topliss-reactive ketones (excluding diaryl/α,β-unsaturated/α-hetero) is 1. The van der Waals surface area contributed by atoms with E-state index in [0.717, 1.165) is 6.61 Å². The van der Waals surface area contributed by atoms with E-state index in [9.17, 15) is 4.79 Å². The van der Waals surface area contributed by atoms with E-state index >= 15 is 0 Å². The molecule has 0 aromatic carbocycles. The summed E-state index contributed by atoms with van der Waals surface area (Å²) >= 11 is 0. The third kappa shape index (κ3) is 1.30. The summed E-state index contributed by atoms with van der Waals surface area (Å²) < 4.78 is 10.8. The summed E-state index contributed by atoms with van der Waals surface area (Å²) in [5.74, 6) is 0.647. The molecule has 0 aromatic rings. The third-order valence-electron chi connectivity index (χ3n) is 2.33. The van der Waals surface area contributed by atoms with Gasteiger partial charge in [-0.25, -0.2) is 0 Å². The van der Waals surface area contributed by atoms with E-state index in [1.165, 1.54) is 0 Å². The van der Waals surface area contributed by atoms with Crippen molar-refractivity contribution in [1.82, 2.24) is 0 Å². The molecule has 0 N–H and O–H groups in total. The first kappa shape index (κ1) is 7.25. The quantitative estimate of drug-likeness (QED) is 0.518. The monoisotopic (exact) mass is 156 g/mol. The van der Waals surface area contributed by atoms with Crippen LogP contribution in [0.15, 0.2) is 0 Å². The molecule has 3 heteroatoms. The first-order valence-electron chi connectivity index (χ1n) is 4.04. The Labute approximate surface area is 65.7 Å². The molecule has 2 saturated heterocycles. The minimum Gasteiger partial charge on any atom is -0.352 e. The first-order chi connectivity index (χ1) is 5.25. The molecule has 0 aromatic heterocycles. The van der Waals surface area contributed by atoms with E-state index < -0.39 is 0 Å². The van der Waals surface area contributed by atoms with Crippen molar-refractivity contribution >= 4 is 5.78 Å². The summed E-state index contributed by atoms with van der Waals surface area (Å²) in [6, 6.07) is 0. The van der Waals surface area contributed by atoms with Crippen molar-refractivity contribution in [2.75, 3.05) is 6.61 Å². The van der Waals surface area contributed by atoms with E-state index in [-0.39, 0.29) is 18.2 Å². The van der Waals surface area contributed by atoms with Gasteiger partial charge in [-0.1, -0.05) is 6.92 Å². The number of fused-ring (bicyclic) bond motifs is 2. The van der Waals surface area contributed by atoms with Crippen LogP contribution in [0.4, 0.5) is 0 Å². The van der Waals surface area contributed by atoms with E-state index in [2.05, 4.69) is 6.92 Å². The minimum atomic E-state index is -0.238. The van der Waals surface area contributed by atoms with Crippen LogP contribution in [0.1, 0.15) is 19.8 Å². The molecule has 2 bridgehead atoms. The van der Waals surface area contributed by atoms with Gasteiger partial charge in [-0.15, -0.1) is 0 Å². The molecule has 0 saturated carbocycles. The summed E-state index contributed by atoms with van der Waals surface area (Å²) in [7, 11) is 0. The van der Waals surface area contributed by atoms with Gasteiger partial charge in [0.15, 0.2) is 6.29 Å². The molecular weight excluding hydrogens is 144 g/mol. The third-order valence-corrected chi connectivity index (χ3v) is 2.33. The van der Waals surface area contributed by atoms with Crippen molar-refractivity contribution in [3.05, 3.63) is 0 Å². The topological polar surface area (TPSA) is 35.5 Å². The second-order valence-electron chi connectivity index (χ2n) is 3.36. The summed E-state index contributed by atoms with van der Waals surface area (Å²) in [6.45, 7) is 2.79. The van der Waals surface area contributed by atoms with Crippen LogP contribution in [0.25, 0.3) is 0 Å². The Bertz CT molecular complexity index is 178. The zero-order valence-corrected chi connectivity index (χ0v) is 6.58. The highest BCUT2D eigenvalue weighted by Gasteiger charge is 2.36. The van der Waals surface area contributed by atoms with Crippen LogP contribution >= 0.6 is 0 Å². The maximum atomic E-state index is 11.1. The molecule has 11 heavy (non-hydrogen) atoms. The van der Waals surface area contributed by atoms with Gasteiger partial charge in [0.25, 0.3) is 0 Å². The standard InChI is InChI=1S/C8H12O3/c1-5-4-10-8-3-6(9)2-7(5)11-8/h5,7-8H,2-4H2,1H3. The van der Waals surface area contributed by atoms with Crippen molar-refractivity contribution in [1.29, 1.82) is 0 Å². The lowest BCUT2D eigenvalue weighted by atomic mass is 9.95. The van der Waals surface area contributed by atoms with Crippen LogP contribution < -0.4 is 0 Å². The molecule has 2 aliphatic heterocycles. The largest absolute Gasteiger partial charge is 0.352 e. The van der Waals surface area contributed by atoms with E-state index in [1.54, 1.807) is 0 Å². The summed E-state index contributed by atoms with van der Waals surface area (Å²) in [6.07, 6.45) is 0.914. The van der Waals surface area contributed by atoms with Crippen LogP contribution in [0.3, 0.4) is 0 Å². The highest BCUT2D eigenvalue weighted by Crippen LogP contribution is 2.27. The maximum Gasteiger partial charge on any atom is 0.164 e. The normalized spacial score (nSPS) is 44.1. The van der Waals surface area contributed by atoms with Crippen molar-refractivity contribution in [3.63, 3.8) is 0 Å². The number of ether oxygens (including phenoxy) is 2. The zero-order chi connectivity index (χ0) is 7.84. The van der Waals surface area contributed by atoms with Crippen LogP contribution in [0.5, 0.6) is 0 Å². The van der Waals surface area contributed by atoms with Crippen LogP contribution in [0.2, 0.25) is 0 Å². The number of ketones is 1. The fraction of sp³-hybridized carbons (Fsp3) is 0.875. The summed E-state index contributed by atoms with van der Waals surface area (Å²) in [5, 5.41) is 0. The highest BCUT2D eigenvalue weighted by molar-refractivity contribution is 5.80. The molecule has 2 heterocycles. The number of hydrogen-bond donors (Lipinski definition) is 0. The number of carbonyl (C=O) groups excluding carboxylic acids is 1. The Morgan fingerprint density at radius 1 is 1.45 bits per heavy atom. The van der Waals surface area contributed by atoms with Gasteiger partial charge in [-0.2, -0.15) is 0 Å². The van der Waals surface area contributed by atoms with E-state index in [4.69, 9.17) is 9.47 Å². The van der Waals surface area contributed by atoms with Gasteiger partial charge in [0, 0.05) is 12.3 Å². The molecule has 0 radical (unpaired) electrons. The van der Waals surface area contributed by atoms with E-state index in [1.807, 2.05) is 0 Å². The van der Waals surface area contributed by atoms with Gasteiger partial charge in [0.1, 0.15) is 5.78 Å². The first-order valence-corrected chi connectivity index (χ1v) is 4.04. The van der Waals surface area contributed by atoms with Gasteiger partial charge in [-0.3, -0.25) is 4.79 Å². The van der Waals surface area contributed by atoms with Gasteiger partial charge < -0.3 is 9.47 Å². The number of carbonyl (C=O) groups is 1. The lowest BCUT2D eigenvalue weighted by molar-refractivity contribution is -0.246. The molecule has 2 fully saturated rings. The molecule has 2 aliphatic rings. The maximum absolute atomic E-state index is 11.1.